The maximum atomic E-state index is 11.2. The van der Waals surface area contributed by atoms with Gasteiger partial charge in [-0.15, -0.1) is 0 Å². The molecule has 4 rings (SSSR count). The Morgan fingerprint density at radius 2 is 1.96 bits per heavy atom. The van der Waals surface area contributed by atoms with Gasteiger partial charge in [-0.1, -0.05) is 24.3 Å². The molecule has 1 N–H and O–H groups in total. The number of hydrogen-bond donors (Lipinski definition) is 1. The number of aryl methyl sites for hydroxylation is 1. The van der Waals surface area contributed by atoms with E-state index in [1.807, 2.05) is 11.5 Å². The fourth-order valence-electron chi connectivity index (χ4n) is 3.73. The Bertz CT molecular complexity index is 991. The summed E-state index contributed by atoms with van der Waals surface area (Å²) < 4.78 is 7.46. The lowest BCUT2D eigenvalue weighted by Crippen LogP contribution is -2.37. The van der Waals surface area contributed by atoms with Crippen molar-refractivity contribution in [2.45, 2.75) is 26.4 Å². The Labute approximate surface area is 163 Å². The standard InChI is InChI=1S/C21H24N4O3/c1-3-25-19(23-18-12-17(21(26)27)13-22-20(18)25)16-6-4-15(5-7-16)14(2)24-8-10-28-11-9-24/h4-7,12-14H,3,8-11H2,1-2H3,(H,26,27). The maximum absolute atomic E-state index is 11.2. The third-order valence-corrected chi connectivity index (χ3v) is 5.39. The highest BCUT2D eigenvalue weighted by Gasteiger charge is 2.19. The lowest BCUT2D eigenvalue weighted by molar-refractivity contribution is 0.0198. The predicted molar refractivity (Wildman–Crippen MR) is 106 cm³/mol. The molecule has 1 aromatic carbocycles. The van der Waals surface area contributed by atoms with Crippen LogP contribution < -0.4 is 0 Å². The largest absolute Gasteiger partial charge is 0.478 e. The second-order valence-electron chi connectivity index (χ2n) is 7.00. The number of carboxylic acid groups (broad SMARTS) is 1. The first-order valence-corrected chi connectivity index (χ1v) is 9.60. The van der Waals surface area contributed by atoms with E-state index in [4.69, 9.17) is 4.74 Å². The van der Waals surface area contributed by atoms with Gasteiger partial charge < -0.3 is 14.4 Å². The molecule has 1 fully saturated rings. The number of carboxylic acids is 1. The van der Waals surface area contributed by atoms with Crippen LogP contribution in [0.3, 0.4) is 0 Å². The third kappa shape index (κ3) is 3.39. The molecule has 0 spiro atoms. The minimum Gasteiger partial charge on any atom is -0.478 e. The molecule has 1 unspecified atom stereocenters. The summed E-state index contributed by atoms with van der Waals surface area (Å²) in [6.45, 7) is 8.43. The molecule has 28 heavy (non-hydrogen) atoms. The van der Waals surface area contributed by atoms with E-state index in [9.17, 15) is 9.90 Å². The number of carbonyl (C=O) groups is 1. The summed E-state index contributed by atoms with van der Waals surface area (Å²) in [4.78, 5) is 22.6. The van der Waals surface area contributed by atoms with Gasteiger partial charge in [0.2, 0.25) is 0 Å². The minimum absolute atomic E-state index is 0.148. The van der Waals surface area contributed by atoms with Crippen LogP contribution in [0, 0.1) is 0 Å². The number of nitrogens with zero attached hydrogens (tertiary/aromatic N) is 4. The monoisotopic (exact) mass is 380 g/mol. The van der Waals surface area contributed by atoms with Gasteiger partial charge in [-0.3, -0.25) is 4.90 Å². The fraction of sp³-hybridized carbons (Fsp3) is 0.381. The zero-order valence-corrected chi connectivity index (χ0v) is 16.1. The molecule has 3 heterocycles. The van der Waals surface area contributed by atoms with E-state index in [1.165, 1.54) is 11.8 Å². The number of ether oxygens (including phenoxy) is 1. The number of morpholine rings is 1. The van der Waals surface area contributed by atoms with Crippen molar-refractivity contribution in [3.05, 3.63) is 47.7 Å². The van der Waals surface area contributed by atoms with Crippen LogP contribution in [-0.2, 0) is 11.3 Å². The van der Waals surface area contributed by atoms with Gasteiger partial charge >= 0.3 is 5.97 Å². The van der Waals surface area contributed by atoms with Gasteiger partial charge in [-0.25, -0.2) is 14.8 Å². The van der Waals surface area contributed by atoms with Gasteiger partial charge in [-0.05, 0) is 25.5 Å². The molecular formula is C21H24N4O3. The van der Waals surface area contributed by atoms with Gasteiger partial charge in [-0.2, -0.15) is 0 Å². The summed E-state index contributed by atoms with van der Waals surface area (Å²) in [5.74, 6) is -0.193. The first-order valence-electron chi connectivity index (χ1n) is 9.60. The van der Waals surface area contributed by atoms with Gasteiger partial charge in [0.1, 0.15) is 11.3 Å². The maximum Gasteiger partial charge on any atom is 0.337 e. The van der Waals surface area contributed by atoms with Crippen LogP contribution in [0.5, 0.6) is 0 Å². The molecule has 1 saturated heterocycles. The summed E-state index contributed by atoms with van der Waals surface area (Å²) in [5.41, 5.74) is 3.70. The number of aromatic carboxylic acids is 1. The van der Waals surface area contributed by atoms with Crippen molar-refractivity contribution < 1.29 is 14.6 Å². The van der Waals surface area contributed by atoms with Crippen LogP contribution in [0.2, 0.25) is 0 Å². The smallest absolute Gasteiger partial charge is 0.337 e. The van der Waals surface area contributed by atoms with Crippen LogP contribution in [0.4, 0.5) is 0 Å². The van der Waals surface area contributed by atoms with Crippen molar-refractivity contribution in [3.8, 4) is 11.4 Å². The highest BCUT2D eigenvalue weighted by Crippen LogP contribution is 2.27. The van der Waals surface area contributed by atoms with Crippen molar-refractivity contribution in [1.82, 2.24) is 19.4 Å². The zero-order chi connectivity index (χ0) is 19.7. The number of benzene rings is 1. The van der Waals surface area contributed by atoms with Crippen LogP contribution in [-0.4, -0.2) is 56.8 Å². The van der Waals surface area contributed by atoms with E-state index in [-0.39, 0.29) is 5.56 Å². The number of fused-ring (bicyclic) bond motifs is 1. The number of rotatable bonds is 5. The first kappa shape index (κ1) is 18.6. The van der Waals surface area contributed by atoms with E-state index in [2.05, 4.69) is 46.1 Å². The van der Waals surface area contributed by atoms with E-state index in [0.29, 0.717) is 23.8 Å². The molecule has 0 amide bonds. The molecule has 7 heteroatoms. The molecule has 1 aliphatic heterocycles. The van der Waals surface area contributed by atoms with E-state index in [0.717, 1.165) is 37.7 Å². The number of aromatic nitrogens is 3. The van der Waals surface area contributed by atoms with Crippen molar-refractivity contribution in [1.29, 1.82) is 0 Å². The molecule has 146 valence electrons. The molecule has 0 radical (unpaired) electrons. The van der Waals surface area contributed by atoms with Crippen LogP contribution in [0.15, 0.2) is 36.5 Å². The van der Waals surface area contributed by atoms with E-state index < -0.39 is 5.97 Å². The SMILES string of the molecule is CCn1c(-c2ccc(C(C)N3CCOCC3)cc2)nc2cc(C(=O)O)cnc21. The van der Waals surface area contributed by atoms with E-state index in [1.54, 1.807) is 6.07 Å². The Balaban J connectivity index is 1.66. The van der Waals surface area contributed by atoms with Crippen molar-refractivity contribution in [2.24, 2.45) is 0 Å². The van der Waals surface area contributed by atoms with Crippen molar-refractivity contribution in [2.75, 3.05) is 26.3 Å². The number of hydrogen-bond acceptors (Lipinski definition) is 5. The fourth-order valence-corrected chi connectivity index (χ4v) is 3.73. The lowest BCUT2D eigenvalue weighted by Gasteiger charge is -2.32. The van der Waals surface area contributed by atoms with Crippen LogP contribution >= 0.6 is 0 Å². The summed E-state index contributed by atoms with van der Waals surface area (Å²) >= 11 is 0. The number of imidazole rings is 1. The lowest BCUT2D eigenvalue weighted by atomic mass is 10.0. The third-order valence-electron chi connectivity index (χ3n) is 5.39. The normalized spacial score (nSPS) is 16.4. The average molecular weight is 380 g/mol. The molecular weight excluding hydrogens is 356 g/mol. The molecule has 0 bridgehead atoms. The Morgan fingerprint density at radius 1 is 1.25 bits per heavy atom. The zero-order valence-electron chi connectivity index (χ0n) is 16.1. The highest BCUT2D eigenvalue weighted by molar-refractivity contribution is 5.91. The quantitative estimate of drug-likeness (QED) is 0.732. The number of pyridine rings is 1. The van der Waals surface area contributed by atoms with Crippen LogP contribution in [0.1, 0.15) is 35.8 Å². The predicted octanol–water partition coefficient (Wildman–Crippen LogP) is 3.21. The second kappa shape index (κ2) is 7.69. The highest BCUT2D eigenvalue weighted by atomic mass is 16.5. The molecule has 3 aromatic rings. The second-order valence-corrected chi connectivity index (χ2v) is 7.00. The van der Waals surface area contributed by atoms with Crippen molar-refractivity contribution >= 4 is 17.1 Å². The topological polar surface area (TPSA) is 80.5 Å². The average Bonchev–Trinajstić information content (AvgIpc) is 3.11. The Hall–Kier alpha value is -2.77. The molecule has 2 aromatic heterocycles. The Kier molecular flexibility index (Phi) is 5.11. The Morgan fingerprint density at radius 3 is 2.61 bits per heavy atom. The first-order chi connectivity index (χ1) is 13.6. The summed E-state index contributed by atoms with van der Waals surface area (Å²) in [6, 6.07) is 10.4. The molecule has 0 saturated carbocycles. The van der Waals surface area contributed by atoms with Gasteiger partial charge in [0.15, 0.2) is 5.65 Å². The molecule has 0 aliphatic carbocycles. The molecule has 7 nitrogen and oxygen atoms in total. The van der Waals surface area contributed by atoms with E-state index >= 15 is 0 Å². The van der Waals surface area contributed by atoms with Crippen molar-refractivity contribution in [3.63, 3.8) is 0 Å². The van der Waals surface area contributed by atoms with Gasteiger partial charge in [0.05, 0.1) is 18.8 Å². The molecule has 1 aliphatic rings. The van der Waals surface area contributed by atoms with Crippen LogP contribution in [0.25, 0.3) is 22.6 Å². The molecule has 1 atom stereocenters. The van der Waals surface area contributed by atoms with Gasteiger partial charge in [0.25, 0.3) is 0 Å². The summed E-state index contributed by atoms with van der Waals surface area (Å²) in [7, 11) is 0. The van der Waals surface area contributed by atoms with Gasteiger partial charge in [0, 0.05) is 37.4 Å². The summed E-state index contributed by atoms with van der Waals surface area (Å²) in [5, 5.41) is 9.20. The summed E-state index contributed by atoms with van der Waals surface area (Å²) in [6.07, 6.45) is 1.38. The minimum atomic E-state index is -0.997.